The summed E-state index contributed by atoms with van der Waals surface area (Å²) in [6.07, 6.45) is 0.936. The zero-order chi connectivity index (χ0) is 15.4. The number of nitrogens with zero attached hydrogens (tertiary/aromatic N) is 2. The van der Waals surface area contributed by atoms with Crippen LogP contribution in [0.2, 0.25) is 0 Å². The summed E-state index contributed by atoms with van der Waals surface area (Å²) in [4.78, 5) is 24.9. The average molecular weight is 352 g/mol. The lowest BCUT2D eigenvalue weighted by atomic mass is 10.2. The van der Waals surface area contributed by atoms with Crippen LogP contribution in [0.3, 0.4) is 0 Å². The molecule has 1 heterocycles. The molecule has 7 nitrogen and oxygen atoms in total. The van der Waals surface area contributed by atoms with E-state index < -0.39 is 22.1 Å². The largest absolute Gasteiger partial charge is 0.477 e. The number of carboxylic acids is 1. The van der Waals surface area contributed by atoms with Crippen LogP contribution in [0.15, 0.2) is 41.0 Å². The quantitative estimate of drug-likeness (QED) is 0.633. The van der Waals surface area contributed by atoms with Crippen LogP contribution in [0, 0.1) is 10.1 Å². The minimum atomic E-state index is -1.37. The zero-order valence-electron chi connectivity index (χ0n) is 10.6. The van der Waals surface area contributed by atoms with Crippen LogP contribution in [-0.2, 0) is 6.54 Å². The van der Waals surface area contributed by atoms with Crippen molar-refractivity contribution < 1.29 is 14.8 Å². The fourth-order valence-electron chi connectivity index (χ4n) is 1.69. The SMILES string of the molecule is O=C(O)c1cc(NCc2ccccc2Br)ncc1[N+](=O)[O-]. The number of hydrogen-bond acceptors (Lipinski definition) is 5. The first-order valence-electron chi connectivity index (χ1n) is 5.84. The van der Waals surface area contributed by atoms with Gasteiger partial charge in [-0.05, 0) is 11.6 Å². The van der Waals surface area contributed by atoms with Crippen molar-refractivity contribution in [2.24, 2.45) is 0 Å². The summed E-state index contributed by atoms with van der Waals surface area (Å²) in [6.45, 7) is 0.408. The molecule has 108 valence electrons. The van der Waals surface area contributed by atoms with Crippen molar-refractivity contribution in [3.8, 4) is 0 Å². The van der Waals surface area contributed by atoms with E-state index in [0.717, 1.165) is 22.3 Å². The van der Waals surface area contributed by atoms with Gasteiger partial charge in [-0.2, -0.15) is 0 Å². The van der Waals surface area contributed by atoms with E-state index in [4.69, 9.17) is 5.11 Å². The fourth-order valence-corrected chi connectivity index (χ4v) is 2.11. The molecular formula is C13H10BrN3O4. The number of anilines is 1. The molecule has 2 rings (SSSR count). The van der Waals surface area contributed by atoms with E-state index in [1.54, 1.807) is 0 Å². The van der Waals surface area contributed by atoms with E-state index in [2.05, 4.69) is 26.2 Å². The molecule has 8 heteroatoms. The first kappa shape index (κ1) is 14.9. The third-order valence-corrected chi connectivity index (χ3v) is 3.50. The van der Waals surface area contributed by atoms with Gasteiger partial charge in [0.1, 0.15) is 17.6 Å². The van der Waals surface area contributed by atoms with Crippen LogP contribution in [0.1, 0.15) is 15.9 Å². The van der Waals surface area contributed by atoms with E-state index in [1.165, 1.54) is 0 Å². The molecule has 2 N–H and O–H groups in total. The van der Waals surface area contributed by atoms with Crippen molar-refractivity contribution in [1.29, 1.82) is 0 Å². The molecule has 0 fully saturated rings. The predicted octanol–water partition coefficient (Wildman–Crippen LogP) is 3.06. The van der Waals surface area contributed by atoms with Gasteiger partial charge in [0.15, 0.2) is 0 Å². The normalized spacial score (nSPS) is 10.1. The van der Waals surface area contributed by atoms with Gasteiger partial charge < -0.3 is 10.4 Å². The molecule has 0 atom stereocenters. The van der Waals surface area contributed by atoms with Gasteiger partial charge in [0.05, 0.1) is 4.92 Å². The molecule has 0 bridgehead atoms. The molecule has 0 unspecified atom stereocenters. The number of benzene rings is 1. The van der Waals surface area contributed by atoms with E-state index in [0.29, 0.717) is 6.54 Å². The summed E-state index contributed by atoms with van der Waals surface area (Å²) in [7, 11) is 0. The molecule has 0 radical (unpaired) electrons. The van der Waals surface area contributed by atoms with Gasteiger partial charge in [-0.3, -0.25) is 10.1 Å². The van der Waals surface area contributed by atoms with Gasteiger partial charge in [-0.1, -0.05) is 34.1 Å². The number of carboxylic acid groups (broad SMARTS) is 1. The van der Waals surface area contributed by atoms with Crippen molar-refractivity contribution in [1.82, 2.24) is 4.98 Å². The second-order valence-corrected chi connectivity index (χ2v) is 4.95. The van der Waals surface area contributed by atoms with E-state index >= 15 is 0 Å². The summed E-state index contributed by atoms with van der Waals surface area (Å²) < 4.78 is 0.901. The third-order valence-electron chi connectivity index (χ3n) is 2.73. The second-order valence-electron chi connectivity index (χ2n) is 4.09. The zero-order valence-corrected chi connectivity index (χ0v) is 12.2. The monoisotopic (exact) mass is 351 g/mol. The Morgan fingerprint density at radius 3 is 2.76 bits per heavy atom. The van der Waals surface area contributed by atoms with Gasteiger partial charge in [-0.25, -0.2) is 9.78 Å². The van der Waals surface area contributed by atoms with Crippen molar-refractivity contribution in [2.75, 3.05) is 5.32 Å². The number of hydrogen-bond donors (Lipinski definition) is 2. The maximum Gasteiger partial charge on any atom is 0.342 e. The fraction of sp³-hybridized carbons (Fsp3) is 0.0769. The Morgan fingerprint density at radius 1 is 1.43 bits per heavy atom. The summed E-state index contributed by atoms with van der Waals surface area (Å²) in [5.74, 6) is -1.11. The highest BCUT2D eigenvalue weighted by atomic mass is 79.9. The number of pyridine rings is 1. The number of aromatic nitrogens is 1. The number of nitro groups is 1. The summed E-state index contributed by atoms with van der Waals surface area (Å²) in [5, 5.41) is 22.7. The maximum atomic E-state index is 11.0. The van der Waals surface area contributed by atoms with Crippen LogP contribution in [0.4, 0.5) is 11.5 Å². The molecule has 1 aromatic carbocycles. The highest BCUT2D eigenvalue weighted by Gasteiger charge is 2.20. The Hall–Kier alpha value is -2.48. The van der Waals surface area contributed by atoms with Gasteiger partial charge in [0, 0.05) is 17.1 Å². The molecule has 1 aromatic heterocycles. The third kappa shape index (κ3) is 3.54. The number of nitrogens with one attached hydrogen (secondary N) is 1. The van der Waals surface area contributed by atoms with E-state index in [-0.39, 0.29) is 5.82 Å². The Bertz CT molecular complexity index is 706. The van der Waals surface area contributed by atoms with Gasteiger partial charge >= 0.3 is 11.7 Å². The van der Waals surface area contributed by atoms with E-state index in [1.807, 2.05) is 24.3 Å². The second kappa shape index (κ2) is 6.31. The first-order chi connectivity index (χ1) is 9.99. The number of aromatic carboxylic acids is 1. The Balaban J connectivity index is 2.22. The number of carbonyl (C=O) groups is 1. The van der Waals surface area contributed by atoms with Crippen molar-refractivity contribution in [3.63, 3.8) is 0 Å². The van der Waals surface area contributed by atoms with E-state index in [9.17, 15) is 14.9 Å². The molecular weight excluding hydrogens is 342 g/mol. The van der Waals surface area contributed by atoms with Crippen LogP contribution in [-0.4, -0.2) is 21.0 Å². The molecule has 0 aliphatic heterocycles. The first-order valence-corrected chi connectivity index (χ1v) is 6.63. The molecule has 0 aliphatic carbocycles. The van der Waals surface area contributed by atoms with Crippen LogP contribution in [0.5, 0.6) is 0 Å². The Kier molecular flexibility index (Phi) is 4.49. The van der Waals surface area contributed by atoms with Crippen LogP contribution < -0.4 is 5.32 Å². The van der Waals surface area contributed by atoms with Crippen LogP contribution >= 0.6 is 15.9 Å². The average Bonchev–Trinajstić information content (AvgIpc) is 2.46. The highest BCUT2D eigenvalue weighted by molar-refractivity contribution is 9.10. The minimum absolute atomic E-state index is 0.258. The molecule has 0 saturated carbocycles. The number of halogens is 1. The van der Waals surface area contributed by atoms with Gasteiger partial charge in [0.25, 0.3) is 0 Å². The van der Waals surface area contributed by atoms with Gasteiger partial charge in [0.2, 0.25) is 0 Å². The van der Waals surface area contributed by atoms with Crippen molar-refractivity contribution >= 4 is 33.4 Å². The molecule has 2 aromatic rings. The topological polar surface area (TPSA) is 105 Å². The maximum absolute atomic E-state index is 11.0. The van der Waals surface area contributed by atoms with Crippen molar-refractivity contribution in [3.05, 3.63) is 62.2 Å². The Morgan fingerprint density at radius 2 is 2.14 bits per heavy atom. The minimum Gasteiger partial charge on any atom is -0.477 e. The van der Waals surface area contributed by atoms with Gasteiger partial charge in [-0.15, -0.1) is 0 Å². The molecule has 0 amide bonds. The smallest absolute Gasteiger partial charge is 0.342 e. The molecule has 0 spiro atoms. The van der Waals surface area contributed by atoms with Crippen LogP contribution in [0.25, 0.3) is 0 Å². The Labute approximate surface area is 127 Å². The summed E-state index contributed by atoms with van der Waals surface area (Å²) in [5.41, 5.74) is 0.0214. The lowest BCUT2D eigenvalue weighted by Crippen LogP contribution is -2.07. The lowest BCUT2D eigenvalue weighted by molar-refractivity contribution is -0.385. The van der Waals surface area contributed by atoms with Crippen molar-refractivity contribution in [2.45, 2.75) is 6.54 Å². The molecule has 21 heavy (non-hydrogen) atoms. The molecule has 0 saturated heterocycles. The number of rotatable bonds is 5. The highest BCUT2D eigenvalue weighted by Crippen LogP contribution is 2.21. The summed E-state index contributed by atoms with van der Waals surface area (Å²) in [6, 6.07) is 8.66. The predicted molar refractivity (Wildman–Crippen MR) is 79.3 cm³/mol. The standard InChI is InChI=1S/C13H10BrN3O4/c14-10-4-2-1-3-8(10)6-15-12-5-9(13(18)19)11(7-16-12)17(20)21/h1-5,7H,6H2,(H,15,16)(H,18,19). The summed E-state index contributed by atoms with van der Waals surface area (Å²) >= 11 is 3.39. The lowest BCUT2D eigenvalue weighted by Gasteiger charge is -2.08. The molecule has 0 aliphatic rings.